The third kappa shape index (κ3) is 8.26. The standard InChI is InChI=1S/C25H42N2O19/c1-7(30)26-13-9(32)3-25(24(40)41,46-21(13)15(34)10(33)4-28)42-6-12-17(36)20(14(22(39)43-12)27-8(2)31)45-23-19(38)18(37)16(35)11(5-29)44-23/h9-23,28-29,32-39H,3-6H2,1-2H3,(H,26,30)(H,27,31)(H,40,41)/t9-,10-,11?,12?,13-,14+,15-,16+,17+,18?,19+,20?,21?,22+,23+,25-/m1/s1. The lowest BCUT2D eigenvalue weighted by Gasteiger charge is -2.48. The van der Waals surface area contributed by atoms with Gasteiger partial charge in [0.15, 0.2) is 12.6 Å². The van der Waals surface area contributed by atoms with Crippen LogP contribution >= 0.6 is 0 Å². The van der Waals surface area contributed by atoms with Crippen molar-refractivity contribution in [3.8, 4) is 0 Å². The molecule has 13 N–H and O–H groups in total. The van der Waals surface area contributed by atoms with Gasteiger partial charge >= 0.3 is 5.97 Å². The third-order valence-electron chi connectivity index (χ3n) is 7.87. The zero-order chi connectivity index (χ0) is 34.7. The van der Waals surface area contributed by atoms with Crippen molar-refractivity contribution in [2.24, 2.45) is 0 Å². The highest BCUT2D eigenvalue weighted by Gasteiger charge is 2.57. The maximum absolute atomic E-state index is 12.5. The number of carbonyl (C=O) groups is 3. The molecule has 21 nitrogen and oxygen atoms in total. The van der Waals surface area contributed by atoms with Gasteiger partial charge in [-0.3, -0.25) is 9.59 Å². The number of hydrogen-bond donors (Lipinski definition) is 13. The number of hydrogen-bond acceptors (Lipinski definition) is 18. The zero-order valence-corrected chi connectivity index (χ0v) is 24.7. The van der Waals surface area contributed by atoms with Crippen molar-refractivity contribution in [2.45, 2.75) is 118 Å². The second kappa shape index (κ2) is 15.8. The van der Waals surface area contributed by atoms with Crippen molar-refractivity contribution in [1.82, 2.24) is 10.6 Å². The van der Waals surface area contributed by atoms with Crippen LogP contribution in [0.2, 0.25) is 0 Å². The molecule has 0 aromatic carbocycles. The number of ether oxygens (including phenoxy) is 5. The average Bonchev–Trinajstić information content (AvgIpc) is 2.99. The van der Waals surface area contributed by atoms with E-state index in [2.05, 4.69) is 10.6 Å². The van der Waals surface area contributed by atoms with Gasteiger partial charge in [0.25, 0.3) is 5.79 Å². The lowest BCUT2D eigenvalue weighted by molar-refractivity contribution is -0.351. The number of rotatable bonds is 12. The fourth-order valence-corrected chi connectivity index (χ4v) is 5.45. The van der Waals surface area contributed by atoms with Gasteiger partial charge < -0.3 is 90.5 Å². The quantitative estimate of drug-likeness (QED) is 0.0913. The second-order valence-electron chi connectivity index (χ2n) is 11.3. The third-order valence-corrected chi connectivity index (χ3v) is 7.87. The molecule has 2 amide bonds. The molecule has 0 radical (unpaired) electrons. The van der Waals surface area contributed by atoms with Crippen molar-refractivity contribution < 1.29 is 94.2 Å². The predicted octanol–water partition coefficient (Wildman–Crippen LogP) is -8.08. The number of aliphatic hydroxyl groups is 10. The van der Waals surface area contributed by atoms with Crippen LogP contribution in [0.5, 0.6) is 0 Å². The molecule has 0 aromatic heterocycles. The first-order valence-electron chi connectivity index (χ1n) is 14.2. The summed E-state index contributed by atoms with van der Waals surface area (Å²) in [7, 11) is 0. The van der Waals surface area contributed by atoms with Gasteiger partial charge in [-0.15, -0.1) is 0 Å². The largest absolute Gasteiger partial charge is 0.477 e. The number of carboxylic acids is 1. The van der Waals surface area contributed by atoms with E-state index >= 15 is 0 Å². The number of nitrogens with one attached hydrogen (secondary N) is 2. The molecular formula is C25H42N2O19. The molecule has 0 aromatic rings. The maximum Gasteiger partial charge on any atom is 0.364 e. The van der Waals surface area contributed by atoms with Gasteiger partial charge in [0, 0.05) is 20.3 Å². The van der Waals surface area contributed by atoms with Crippen LogP contribution in [0.1, 0.15) is 20.3 Å². The molecule has 3 rings (SSSR count). The van der Waals surface area contributed by atoms with E-state index in [0.29, 0.717) is 0 Å². The molecule has 3 saturated heterocycles. The van der Waals surface area contributed by atoms with Gasteiger partial charge in [-0.25, -0.2) is 4.79 Å². The van der Waals surface area contributed by atoms with Gasteiger partial charge in [0.05, 0.1) is 32.0 Å². The Bertz CT molecular complexity index is 1050. The molecule has 0 bridgehead atoms. The number of aliphatic hydroxyl groups excluding tert-OH is 10. The maximum atomic E-state index is 12.5. The molecule has 46 heavy (non-hydrogen) atoms. The average molecular weight is 675 g/mol. The minimum absolute atomic E-state index is 0.723. The van der Waals surface area contributed by atoms with E-state index in [1.54, 1.807) is 0 Å². The Morgan fingerprint density at radius 3 is 2.02 bits per heavy atom. The molecule has 0 aliphatic carbocycles. The van der Waals surface area contributed by atoms with Crippen molar-refractivity contribution in [3.63, 3.8) is 0 Å². The molecule has 21 heteroatoms. The second-order valence-corrected chi connectivity index (χ2v) is 11.3. The van der Waals surface area contributed by atoms with Gasteiger partial charge in [0.1, 0.15) is 67.1 Å². The summed E-state index contributed by atoms with van der Waals surface area (Å²) in [6, 6.07) is -3.06. The van der Waals surface area contributed by atoms with E-state index < -0.39 is 142 Å². The number of amides is 2. The summed E-state index contributed by atoms with van der Waals surface area (Å²) < 4.78 is 27.2. The lowest BCUT2D eigenvalue weighted by Crippen LogP contribution is -2.69. The van der Waals surface area contributed by atoms with E-state index in [-0.39, 0.29) is 0 Å². The van der Waals surface area contributed by atoms with Crippen LogP contribution in [0.4, 0.5) is 0 Å². The first-order valence-corrected chi connectivity index (χ1v) is 14.2. The summed E-state index contributed by atoms with van der Waals surface area (Å²) in [5.74, 6) is -6.18. The highest BCUT2D eigenvalue weighted by Crippen LogP contribution is 2.35. The number of carboxylic acid groups (broad SMARTS) is 1. The molecular weight excluding hydrogens is 632 g/mol. The lowest BCUT2D eigenvalue weighted by atomic mass is 9.88. The summed E-state index contributed by atoms with van der Waals surface area (Å²) in [6.45, 7) is -0.705. The fraction of sp³-hybridized carbons (Fsp3) is 0.880. The molecule has 16 atom stereocenters. The van der Waals surface area contributed by atoms with Crippen LogP contribution in [-0.2, 0) is 38.1 Å². The normalized spacial score (nSPS) is 42.9. The molecule has 3 heterocycles. The SMILES string of the molecule is CC(=O)N[C@H]1C([C@H](O)[C@H](O)CO)O[C@@](OCC2O[C@H](O)[C@@H](NC(C)=O)C(O[C@@H]3OC(CO)[C@H](O)C(O)[C@@H]3O)[C@H]2O)(C(=O)O)C[C@H]1O. The van der Waals surface area contributed by atoms with E-state index in [9.17, 15) is 70.6 Å². The Labute approximate surface area is 260 Å². The summed E-state index contributed by atoms with van der Waals surface area (Å²) in [5.41, 5.74) is 0. The molecule has 3 aliphatic rings. The van der Waals surface area contributed by atoms with Gasteiger partial charge in [-0.2, -0.15) is 0 Å². The molecule has 5 unspecified atom stereocenters. The monoisotopic (exact) mass is 674 g/mol. The molecule has 0 saturated carbocycles. The van der Waals surface area contributed by atoms with Crippen LogP contribution in [0.15, 0.2) is 0 Å². The summed E-state index contributed by atoms with van der Waals surface area (Å²) in [4.78, 5) is 36.0. The van der Waals surface area contributed by atoms with Crippen molar-refractivity contribution in [3.05, 3.63) is 0 Å². The molecule has 3 fully saturated rings. The Morgan fingerprint density at radius 1 is 0.870 bits per heavy atom. The van der Waals surface area contributed by atoms with Crippen molar-refractivity contribution >= 4 is 17.8 Å². The van der Waals surface area contributed by atoms with Crippen LogP contribution in [0.3, 0.4) is 0 Å². The van der Waals surface area contributed by atoms with E-state index in [1.165, 1.54) is 0 Å². The molecule has 0 spiro atoms. The summed E-state index contributed by atoms with van der Waals surface area (Å²) in [5, 5.41) is 117. The van der Waals surface area contributed by atoms with E-state index in [4.69, 9.17) is 23.7 Å². The Hall–Kier alpha value is -2.19. The highest BCUT2D eigenvalue weighted by atomic mass is 16.7. The predicted molar refractivity (Wildman–Crippen MR) is 142 cm³/mol. The van der Waals surface area contributed by atoms with E-state index in [0.717, 1.165) is 13.8 Å². The smallest absolute Gasteiger partial charge is 0.364 e. The molecule has 3 aliphatic heterocycles. The fourth-order valence-electron chi connectivity index (χ4n) is 5.45. The number of carbonyl (C=O) groups excluding carboxylic acids is 2. The van der Waals surface area contributed by atoms with Crippen LogP contribution < -0.4 is 10.6 Å². The summed E-state index contributed by atoms with van der Waals surface area (Å²) in [6.07, 6.45) is -24.8. The van der Waals surface area contributed by atoms with Gasteiger partial charge in [0.2, 0.25) is 11.8 Å². The first kappa shape index (κ1) is 38.3. The minimum atomic E-state index is -2.84. The van der Waals surface area contributed by atoms with Gasteiger partial charge in [-0.1, -0.05) is 0 Å². The van der Waals surface area contributed by atoms with Crippen molar-refractivity contribution in [1.29, 1.82) is 0 Å². The topological polar surface area (TPSA) is 344 Å². The van der Waals surface area contributed by atoms with Crippen LogP contribution in [0.25, 0.3) is 0 Å². The Morgan fingerprint density at radius 2 is 1.48 bits per heavy atom. The number of aliphatic carboxylic acids is 1. The highest BCUT2D eigenvalue weighted by molar-refractivity contribution is 5.76. The van der Waals surface area contributed by atoms with Gasteiger partial charge in [-0.05, 0) is 0 Å². The Balaban J connectivity index is 1.87. The first-order chi connectivity index (χ1) is 21.5. The Kier molecular flexibility index (Phi) is 13.1. The summed E-state index contributed by atoms with van der Waals surface area (Å²) >= 11 is 0. The van der Waals surface area contributed by atoms with Crippen LogP contribution in [-0.4, -0.2) is 191 Å². The van der Waals surface area contributed by atoms with Crippen LogP contribution in [0, 0.1) is 0 Å². The minimum Gasteiger partial charge on any atom is -0.477 e. The van der Waals surface area contributed by atoms with Crippen molar-refractivity contribution in [2.75, 3.05) is 19.8 Å². The molecule has 266 valence electrons. The zero-order valence-electron chi connectivity index (χ0n) is 24.7. The van der Waals surface area contributed by atoms with E-state index in [1.807, 2.05) is 0 Å².